The topological polar surface area (TPSA) is 129 Å². The Balaban J connectivity index is 0.000000453. The van der Waals surface area contributed by atoms with Crippen LogP contribution in [0.15, 0.2) is 6.07 Å². The molecule has 274 valence electrons. The number of rotatable bonds is 9. The highest BCUT2D eigenvalue weighted by molar-refractivity contribution is 5.94. The Labute approximate surface area is 285 Å². The van der Waals surface area contributed by atoms with Crippen LogP contribution in [0, 0.1) is 25.6 Å². The number of halogens is 6. The Morgan fingerprint density at radius 2 is 1.61 bits per heavy atom. The molecule has 14 heteroatoms. The standard InChI is InChI=1S/C26H34F4N6O.C7H11F2N.C2H6/c1-6-15(12(2)9-7-8-10-31)21-18-23(35-25(37-5)36-24(18)33)20(27)22(34-21)16-11-17(32)13(3)14(4)19(16)26(28,29)30;8-5-1-7-2-6(9)4-10(7)3-5;1-2/h11-12,15H,6-10,31-32H2,1-5H3,(H2,33,35,36);5-7H,1-4H2;1-2H3. The quantitative estimate of drug-likeness (QED) is 0.116. The van der Waals surface area contributed by atoms with E-state index in [0.29, 0.717) is 44.6 Å². The highest BCUT2D eigenvalue weighted by atomic mass is 19.4. The first-order valence-electron chi connectivity index (χ1n) is 17.0. The smallest absolute Gasteiger partial charge is 0.417 e. The summed E-state index contributed by atoms with van der Waals surface area (Å²) in [4.78, 5) is 14.7. The van der Waals surface area contributed by atoms with Crippen molar-refractivity contribution in [1.29, 1.82) is 0 Å². The highest BCUT2D eigenvalue weighted by Crippen LogP contribution is 2.45. The zero-order chi connectivity index (χ0) is 36.8. The molecule has 1 aromatic carbocycles. The summed E-state index contributed by atoms with van der Waals surface area (Å²) in [7, 11) is 1.29. The monoisotopic (exact) mass is 699 g/mol. The number of nitrogen functional groups attached to an aromatic ring is 2. The lowest BCUT2D eigenvalue weighted by Crippen LogP contribution is -2.23. The van der Waals surface area contributed by atoms with E-state index in [2.05, 4.69) is 15.0 Å². The molecule has 0 aliphatic carbocycles. The number of hydrogen-bond acceptors (Lipinski definition) is 8. The molecule has 8 nitrogen and oxygen atoms in total. The number of anilines is 2. The molecular weight excluding hydrogens is 648 g/mol. The third-order valence-electron chi connectivity index (χ3n) is 9.51. The molecule has 4 heterocycles. The van der Waals surface area contributed by atoms with Crippen molar-refractivity contribution in [2.75, 3.05) is 38.2 Å². The van der Waals surface area contributed by atoms with Gasteiger partial charge in [0, 0.05) is 36.3 Å². The van der Waals surface area contributed by atoms with E-state index in [1.807, 2.05) is 32.6 Å². The van der Waals surface area contributed by atoms with E-state index in [1.165, 1.54) is 21.0 Å². The van der Waals surface area contributed by atoms with Crippen molar-refractivity contribution in [2.45, 2.75) is 111 Å². The van der Waals surface area contributed by atoms with Crippen LogP contribution in [0.5, 0.6) is 6.01 Å². The number of alkyl halides is 5. The normalized spacial score (nSPS) is 20.2. The van der Waals surface area contributed by atoms with Gasteiger partial charge in [0.05, 0.1) is 23.8 Å². The van der Waals surface area contributed by atoms with Crippen LogP contribution in [0.1, 0.15) is 94.5 Å². The van der Waals surface area contributed by atoms with Crippen molar-refractivity contribution in [3.63, 3.8) is 0 Å². The number of methoxy groups -OCH3 is 1. The molecule has 0 bridgehead atoms. The van der Waals surface area contributed by atoms with Crippen molar-refractivity contribution in [3.8, 4) is 17.3 Å². The second-order valence-corrected chi connectivity index (χ2v) is 12.7. The molecule has 49 heavy (non-hydrogen) atoms. The van der Waals surface area contributed by atoms with E-state index in [0.717, 1.165) is 25.3 Å². The zero-order valence-electron chi connectivity index (χ0n) is 29.5. The van der Waals surface area contributed by atoms with E-state index >= 15 is 4.39 Å². The van der Waals surface area contributed by atoms with Gasteiger partial charge in [-0.15, -0.1) is 0 Å². The van der Waals surface area contributed by atoms with Crippen LogP contribution in [-0.4, -0.2) is 65.0 Å². The number of hydrogen-bond donors (Lipinski definition) is 3. The fourth-order valence-corrected chi connectivity index (χ4v) is 6.93. The summed E-state index contributed by atoms with van der Waals surface area (Å²) in [5, 5.41) is 0.171. The average molecular weight is 700 g/mol. The molecule has 0 saturated carbocycles. The van der Waals surface area contributed by atoms with Crippen LogP contribution in [0.25, 0.3) is 22.2 Å². The van der Waals surface area contributed by atoms with Gasteiger partial charge in [0.2, 0.25) is 0 Å². The molecule has 2 fully saturated rings. The van der Waals surface area contributed by atoms with Crippen LogP contribution < -0.4 is 21.9 Å². The Kier molecular flexibility index (Phi) is 13.9. The first kappa shape index (κ1) is 40.0. The summed E-state index contributed by atoms with van der Waals surface area (Å²) >= 11 is 0. The molecule has 2 aliphatic rings. The summed E-state index contributed by atoms with van der Waals surface area (Å²) in [6.45, 7) is 12.3. The van der Waals surface area contributed by atoms with Gasteiger partial charge in [0.25, 0.3) is 0 Å². The van der Waals surface area contributed by atoms with Crippen LogP contribution in [0.2, 0.25) is 0 Å². The largest absolute Gasteiger partial charge is 0.467 e. The Hall–Kier alpha value is -3.39. The number of nitrogens with two attached hydrogens (primary N) is 3. The molecule has 4 unspecified atom stereocenters. The fourth-order valence-electron chi connectivity index (χ4n) is 6.93. The minimum Gasteiger partial charge on any atom is -0.467 e. The van der Waals surface area contributed by atoms with Gasteiger partial charge in [0.15, 0.2) is 5.82 Å². The first-order valence-corrected chi connectivity index (χ1v) is 17.0. The summed E-state index contributed by atoms with van der Waals surface area (Å²) in [6.07, 6.45) is -1.97. The van der Waals surface area contributed by atoms with Crippen LogP contribution in [0.3, 0.4) is 0 Å². The number of ether oxygens (including phenoxy) is 1. The maximum absolute atomic E-state index is 16.1. The van der Waals surface area contributed by atoms with Crippen molar-refractivity contribution < 1.29 is 31.1 Å². The van der Waals surface area contributed by atoms with Gasteiger partial charge in [-0.2, -0.15) is 23.1 Å². The fraction of sp³-hybridized carbons (Fsp3) is 0.629. The molecule has 6 N–H and O–H groups in total. The molecule has 2 aliphatic heterocycles. The van der Waals surface area contributed by atoms with Gasteiger partial charge in [-0.05, 0) is 69.2 Å². The number of benzene rings is 1. The minimum atomic E-state index is -4.77. The Bertz CT molecular complexity index is 1540. The van der Waals surface area contributed by atoms with Crippen molar-refractivity contribution in [3.05, 3.63) is 34.3 Å². The van der Waals surface area contributed by atoms with Gasteiger partial charge >= 0.3 is 12.2 Å². The average Bonchev–Trinajstić information content (AvgIpc) is 3.56. The van der Waals surface area contributed by atoms with E-state index in [-0.39, 0.29) is 57.4 Å². The van der Waals surface area contributed by atoms with Crippen molar-refractivity contribution in [2.24, 2.45) is 11.7 Å². The third kappa shape index (κ3) is 8.86. The lowest BCUT2D eigenvalue weighted by atomic mass is 9.83. The van der Waals surface area contributed by atoms with Crippen LogP contribution >= 0.6 is 0 Å². The summed E-state index contributed by atoms with van der Waals surface area (Å²) in [6, 6.07) is 1.14. The summed E-state index contributed by atoms with van der Waals surface area (Å²) in [5.41, 5.74) is 16.4. The molecular formula is C35H51F6N7O. The van der Waals surface area contributed by atoms with Crippen molar-refractivity contribution in [1.82, 2.24) is 19.9 Å². The van der Waals surface area contributed by atoms with Crippen LogP contribution in [-0.2, 0) is 6.18 Å². The summed E-state index contributed by atoms with van der Waals surface area (Å²) < 4.78 is 89.3. The minimum absolute atomic E-state index is 0.0546. The lowest BCUT2D eigenvalue weighted by Gasteiger charge is -2.26. The maximum atomic E-state index is 16.1. The maximum Gasteiger partial charge on any atom is 0.417 e. The predicted octanol–water partition coefficient (Wildman–Crippen LogP) is 8.07. The van der Waals surface area contributed by atoms with E-state index in [4.69, 9.17) is 21.9 Å². The molecule has 0 spiro atoms. The number of fused-ring (bicyclic) bond motifs is 2. The number of unbranched alkanes of at least 4 members (excludes halogenated alkanes) is 1. The predicted molar refractivity (Wildman–Crippen MR) is 183 cm³/mol. The number of nitrogens with zero attached hydrogens (tertiary/aromatic N) is 4. The number of aromatic nitrogens is 3. The van der Waals surface area contributed by atoms with Crippen molar-refractivity contribution >= 4 is 22.4 Å². The third-order valence-corrected chi connectivity index (χ3v) is 9.51. The molecule has 2 saturated heterocycles. The second kappa shape index (κ2) is 17.0. The van der Waals surface area contributed by atoms with Crippen LogP contribution in [0.4, 0.5) is 37.8 Å². The molecule has 3 aromatic rings. The molecule has 0 amide bonds. The van der Waals surface area contributed by atoms with E-state index < -0.39 is 41.2 Å². The Morgan fingerprint density at radius 1 is 1.00 bits per heavy atom. The summed E-state index contributed by atoms with van der Waals surface area (Å²) in [5.74, 6) is -1.31. The van der Waals surface area contributed by atoms with Gasteiger partial charge in [-0.25, -0.2) is 18.2 Å². The molecule has 2 aromatic heterocycles. The Morgan fingerprint density at radius 3 is 2.12 bits per heavy atom. The lowest BCUT2D eigenvalue weighted by molar-refractivity contribution is -0.137. The van der Waals surface area contributed by atoms with Gasteiger partial charge in [0.1, 0.15) is 29.4 Å². The van der Waals surface area contributed by atoms with Gasteiger partial charge < -0.3 is 21.9 Å². The highest BCUT2D eigenvalue weighted by Gasteiger charge is 2.40. The van der Waals surface area contributed by atoms with Gasteiger partial charge in [-0.1, -0.05) is 40.5 Å². The SMILES string of the molecule is CC.CCC(c1nc(-c2cc(N)c(C)c(C)c2C(F)(F)F)c(F)c2nc(OC)nc(N)c12)C(C)CCCCN.FC1CC2CC(F)CN2C1. The molecule has 0 radical (unpaired) electrons. The molecule has 4 atom stereocenters. The van der Waals surface area contributed by atoms with Gasteiger partial charge in [-0.3, -0.25) is 4.90 Å². The molecule has 5 rings (SSSR count). The van der Waals surface area contributed by atoms with E-state index in [9.17, 15) is 22.0 Å². The first-order chi connectivity index (χ1) is 23.1. The number of pyridine rings is 1. The zero-order valence-corrected chi connectivity index (χ0v) is 29.5. The van der Waals surface area contributed by atoms with E-state index in [1.54, 1.807) is 0 Å². The second-order valence-electron chi connectivity index (χ2n) is 12.7.